The Morgan fingerprint density at radius 2 is 2.00 bits per heavy atom. The highest BCUT2D eigenvalue weighted by Gasteiger charge is 2.31. The topological polar surface area (TPSA) is 55.0 Å². The average Bonchev–Trinajstić information content (AvgIpc) is 2.46. The van der Waals surface area contributed by atoms with Gasteiger partial charge in [0.25, 0.3) is 0 Å². The maximum atomic E-state index is 5.95. The van der Waals surface area contributed by atoms with Gasteiger partial charge in [0, 0.05) is 25.6 Å². The number of anilines is 2. The molecule has 2 fully saturated rings. The molecule has 4 nitrogen and oxygen atoms in total. The Labute approximate surface area is 121 Å². The van der Waals surface area contributed by atoms with E-state index in [-0.39, 0.29) is 0 Å². The Kier molecular flexibility index (Phi) is 4.08. The maximum absolute atomic E-state index is 5.95. The minimum Gasteiger partial charge on any atom is -0.384 e. The number of hydrogen-bond donors (Lipinski definition) is 1. The van der Waals surface area contributed by atoms with Crippen LogP contribution in [0.3, 0.4) is 0 Å². The van der Waals surface area contributed by atoms with E-state index < -0.39 is 0 Å². The van der Waals surface area contributed by atoms with E-state index in [0.717, 1.165) is 49.4 Å². The maximum Gasteiger partial charge on any atom is 0.134 e. The fourth-order valence-electron chi connectivity index (χ4n) is 3.81. The predicted octanol–water partition coefficient (Wildman–Crippen LogP) is 3.03. The van der Waals surface area contributed by atoms with E-state index in [1.807, 2.05) is 6.07 Å². The monoisotopic (exact) mass is 274 g/mol. The lowest BCUT2D eigenvalue weighted by Crippen LogP contribution is -2.42. The molecule has 1 aliphatic carbocycles. The van der Waals surface area contributed by atoms with Crippen molar-refractivity contribution in [1.82, 2.24) is 9.97 Å². The molecular formula is C16H26N4. The Hall–Kier alpha value is -1.32. The molecule has 20 heavy (non-hydrogen) atoms. The van der Waals surface area contributed by atoms with Crippen molar-refractivity contribution in [3.8, 4) is 0 Å². The van der Waals surface area contributed by atoms with E-state index in [9.17, 15) is 0 Å². The van der Waals surface area contributed by atoms with Gasteiger partial charge >= 0.3 is 0 Å². The van der Waals surface area contributed by atoms with Crippen molar-refractivity contribution in [3.05, 3.63) is 11.9 Å². The second-order valence-corrected chi connectivity index (χ2v) is 6.36. The van der Waals surface area contributed by atoms with Gasteiger partial charge in [-0.25, -0.2) is 9.97 Å². The highest BCUT2D eigenvalue weighted by molar-refractivity contribution is 5.47. The van der Waals surface area contributed by atoms with Crippen LogP contribution >= 0.6 is 0 Å². The molecular weight excluding hydrogens is 248 g/mol. The summed E-state index contributed by atoms with van der Waals surface area (Å²) >= 11 is 0. The molecule has 1 aromatic rings. The van der Waals surface area contributed by atoms with Gasteiger partial charge in [-0.1, -0.05) is 26.2 Å². The second-order valence-electron chi connectivity index (χ2n) is 6.36. The van der Waals surface area contributed by atoms with Crippen molar-refractivity contribution >= 4 is 11.6 Å². The van der Waals surface area contributed by atoms with Gasteiger partial charge in [0.2, 0.25) is 0 Å². The van der Waals surface area contributed by atoms with Crippen molar-refractivity contribution in [1.29, 1.82) is 0 Å². The van der Waals surface area contributed by atoms with E-state index in [2.05, 4.69) is 16.8 Å². The lowest BCUT2D eigenvalue weighted by atomic mass is 9.75. The van der Waals surface area contributed by atoms with Crippen molar-refractivity contribution in [2.45, 2.75) is 51.9 Å². The molecule has 110 valence electrons. The second kappa shape index (κ2) is 5.98. The zero-order valence-electron chi connectivity index (χ0n) is 12.5. The molecule has 1 aliphatic heterocycles. The average molecular weight is 274 g/mol. The molecule has 0 aromatic carbocycles. The first-order valence-corrected chi connectivity index (χ1v) is 8.14. The minimum absolute atomic E-state index is 0.615. The van der Waals surface area contributed by atoms with E-state index >= 15 is 0 Å². The molecule has 3 rings (SSSR count). The summed E-state index contributed by atoms with van der Waals surface area (Å²) in [5, 5.41) is 0. The van der Waals surface area contributed by atoms with Crippen molar-refractivity contribution < 1.29 is 0 Å². The number of aromatic nitrogens is 2. The molecule has 2 N–H and O–H groups in total. The van der Waals surface area contributed by atoms with Gasteiger partial charge in [-0.05, 0) is 31.1 Å². The summed E-state index contributed by atoms with van der Waals surface area (Å²) in [5.41, 5.74) is 5.95. The Bertz CT molecular complexity index is 460. The van der Waals surface area contributed by atoms with Gasteiger partial charge < -0.3 is 10.6 Å². The zero-order valence-corrected chi connectivity index (χ0v) is 12.5. The number of nitrogens with zero attached hydrogens (tertiary/aromatic N) is 3. The number of aryl methyl sites for hydroxylation is 1. The fourth-order valence-corrected chi connectivity index (χ4v) is 3.81. The van der Waals surface area contributed by atoms with Gasteiger partial charge in [0.1, 0.15) is 17.5 Å². The van der Waals surface area contributed by atoms with Crippen LogP contribution in [0.1, 0.15) is 51.3 Å². The number of piperidine rings is 1. The van der Waals surface area contributed by atoms with Crippen molar-refractivity contribution in [3.63, 3.8) is 0 Å². The number of nitrogen functional groups attached to an aromatic ring is 1. The molecule has 4 heteroatoms. The Balaban J connectivity index is 1.75. The van der Waals surface area contributed by atoms with Crippen LogP contribution in [0.25, 0.3) is 0 Å². The highest BCUT2D eigenvalue weighted by atomic mass is 15.2. The van der Waals surface area contributed by atoms with Crippen LogP contribution in [-0.4, -0.2) is 23.1 Å². The van der Waals surface area contributed by atoms with Gasteiger partial charge in [-0.3, -0.25) is 0 Å². The first-order chi connectivity index (χ1) is 9.76. The van der Waals surface area contributed by atoms with Crippen LogP contribution in [0, 0.1) is 11.8 Å². The number of hydrogen-bond acceptors (Lipinski definition) is 4. The summed E-state index contributed by atoms with van der Waals surface area (Å²) in [6.07, 6.45) is 8.96. The van der Waals surface area contributed by atoms with Gasteiger partial charge in [-0.2, -0.15) is 0 Å². The summed E-state index contributed by atoms with van der Waals surface area (Å²) < 4.78 is 0. The SMILES string of the molecule is CCCc1nc(N)cc(N2CCC3CCCCC3C2)n1. The smallest absolute Gasteiger partial charge is 0.134 e. The highest BCUT2D eigenvalue weighted by Crippen LogP contribution is 2.37. The summed E-state index contributed by atoms with van der Waals surface area (Å²) in [5.74, 6) is 4.38. The minimum atomic E-state index is 0.615. The summed E-state index contributed by atoms with van der Waals surface area (Å²) in [7, 11) is 0. The number of fused-ring (bicyclic) bond motifs is 1. The van der Waals surface area contributed by atoms with Crippen molar-refractivity contribution in [2.75, 3.05) is 23.7 Å². The molecule has 0 radical (unpaired) electrons. The summed E-state index contributed by atoms with van der Waals surface area (Å²) in [6.45, 7) is 4.44. The molecule has 0 spiro atoms. The van der Waals surface area contributed by atoms with Crippen LogP contribution < -0.4 is 10.6 Å². The third-order valence-corrected chi connectivity index (χ3v) is 4.87. The summed E-state index contributed by atoms with van der Waals surface area (Å²) in [4.78, 5) is 11.5. The Morgan fingerprint density at radius 3 is 2.80 bits per heavy atom. The normalized spacial score (nSPS) is 26.4. The molecule has 1 saturated heterocycles. The number of rotatable bonds is 3. The summed E-state index contributed by atoms with van der Waals surface area (Å²) in [6, 6.07) is 1.95. The molecule has 1 aromatic heterocycles. The molecule has 2 heterocycles. The molecule has 2 aliphatic rings. The third-order valence-electron chi connectivity index (χ3n) is 4.87. The van der Waals surface area contributed by atoms with Crippen LogP contribution in [0.5, 0.6) is 0 Å². The van der Waals surface area contributed by atoms with Crippen LogP contribution in [0.4, 0.5) is 11.6 Å². The standard InChI is InChI=1S/C16H26N4/c1-2-5-15-18-14(17)10-16(19-15)20-9-8-12-6-3-4-7-13(12)11-20/h10,12-13H,2-9,11H2,1H3,(H2,17,18,19). The van der Waals surface area contributed by atoms with Gasteiger partial charge in [0.05, 0.1) is 0 Å². The van der Waals surface area contributed by atoms with E-state index in [1.165, 1.54) is 32.1 Å². The van der Waals surface area contributed by atoms with Gasteiger partial charge in [-0.15, -0.1) is 0 Å². The molecule has 2 atom stereocenters. The van der Waals surface area contributed by atoms with Crippen LogP contribution in [0.2, 0.25) is 0 Å². The number of nitrogens with two attached hydrogens (primary N) is 1. The first kappa shape index (κ1) is 13.7. The molecule has 2 unspecified atom stereocenters. The Morgan fingerprint density at radius 1 is 1.20 bits per heavy atom. The lowest BCUT2D eigenvalue weighted by molar-refractivity contribution is 0.202. The van der Waals surface area contributed by atoms with Crippen molar-refractivity contribution in [2.24, 2.45) is 11.8 Å². The van der Waals surface area contributed by atoms with Gasteiger partial charge in [0.15, 0.2) is 0 Å². The molecule has 1 saturated carbocycles. The van der Waals surface area contributed by atoms with E-state index in [1.54, 1.807) is 0 Å². The van der Waals surface area contributed by atoms with E-state index in [4.69, 9.17) is 10.7 Å². The predicted molar refractivity (Wildman–Crippen MR) is 82.7 cm³/mol. The fraction of sp³-hybridized carbons (Fsp3) is 0.750. The third kappa shape index (κ3) is 2.89. The van der Waals surface area contributed by atoms with Crippen LogP contribution in [0.15, 0.2) is 6.07 Å². The quantitative estimate of drug-likeness (QED) is 0.920. The lowest BCUT2D eigenvalue weighted by Gasteiger charge is -2.41. The largest absolute Gasteiger partial charge is 0.384 e. The molecule has 0 bridgehead atoms. The molecule has 0 amide bonds. The zero-order chi connectivity index (χ0) is 13.9. The first-order valence-electron chi connectivity index (χ1n) is 8.14. The van der Waals surface area contributed by atoms with Crippen LogP contribution in [-0.2, 0) is 6.42 Å². The van der Waals surface area contributed by atoms with E-state index in [0.29, 0.717) is 5.82 Å².